The maximum Gasteiger partial charge on any atom is 0.206 e. The first kappa shape index (κ1) is 8.31. The van der Waals surface area contributed by atoms with Crippen molar-refractivity contribution in [3.8, 4) is 5.75 Å². The summed E-state index contributed by atoms with van der Waals surface area (Å²) in [5, 5.41) is 1.13. The van der Waals surface area contributed by atoms with Crippen LogP contribution in [-0.4, -0.2) is 8.42 Å². The monoisotopic (exact) mass is 196 g/mol. The van der Waals surface area contributed by atoms with E-state index in [4.69, 9.17) is 4.74 Å². The molecular weight excluding hydrogens is 188 g/mol. The predicted octanol–water partition coefficient (Wildman–Crippen LogP) is 1.71. The van der Waals surface area contributed by atoms with Gasteiger partial charge in [-0.2, -0.15) is 0 Å². The molecule has 0 radical (unpaired) electrons. The molecule has 13 heavy (non-hydrogen) atoms. The highest BCUT2D eigenvalue weighted by Gasteiger charge is 2.22. The molecule has 0 saturated carbocycles. The van der Waals surface area contributed by atoms with E-state index in [0.29, 0.717) is 11.5 Å². The lowest BCUT2D eigenvalue weighted by molar-refractivity contribution is 0.411. The molecule has 0 amide bonds. The first-order valence-electron chi connectivity index (χ1n) is 3.80. The molecule has 0 unspecified atom stereocenters. The minimum absolute atomic E-state index is 0.237. The Morgan fingerprint density at radius 3 is 2.69 bits per heavy atom. The first-order valence-corrected chi connectivity index (χ1v) is 5.34. The fourth-order valence-corrected chi connectivity index (χ4v) is 2.52. The summed E-state index contributed by atoms with van der Waals surface area (Å²) in [6, 6.07) is 6.60. The number of para-hydroxylation sites is 1. The number of hydrogen-bond donors (Lipinski definition) is 0. The second-order valence-electron chi connectivity index (χ2n) is 2.82. The molecule has 0 spiro atoms. The van der Waals surface area contributed by atoms with Crippen molar-refractivity contribution in [1.82, 2.24) is 0 Å². The van der Waals surface area contributed by atoms with Crippen LogP contribution in [-0.2, 0) is 9.84 Å². The van der Waals surface area contributed by atoms with Crippen LogP contribution in [0.5, 0.6) is 5.75 Å². The standard InChI is InChI=1S/C9H8O3S/c1-7-6-13(10,11)9-5-3-2-4-8(9)12-7/h2-6H,1H3. The zero-order valence-corrected chi connectivity index (χ0v) is 7.84. The minimum Gasteiger partial charge on any atom is -0.460 e. The van der Waals surface area contributed by atoms with Gasteiger partial charge < -0.3 is 4.74 Å². The van der Waals surface area contributed by atoms with Crippen LogP contribution in [0.3, 0.4) is 0 Å². The highest BCUT2D eigenvalue weighted by molar-refractivity contribution is 7.94. The van der Waals surface area contributed by atoms with Crippen molar-refractivity contribution >= 4 is 9.84 Å². The minimum atomic E-state index is -3.28. The van der Waals surface area contributed by atoms with Crippen molar-refractivity contribution < 1.29 is 13.2 Å². The summed E-state index contributed by atoms with van der Waals surface area (Å²) < 4.78 is 28.3. The van der Waals surface area contributed by atoms with Crippen LogP contribution in [0.2, 0.25) is 0 Å². The van der Waals surface area contributed by atoms with Gasteiger partial charge >= 0.3 is 0 Å². The van der Waals surface area contributed by atoms with E-state index in [0.717, 1.165) is 5.41 Å². The molecule has 0 saturated heterocycles. The van der Waals surface area contributed by atoms with Crippen molar-refractivity contribution in [2.24, 2.45) is 0 Å². The Kier molecular flexibility index (Phi) is 1.66. The van der Waals surface area contributed by atoms with Gasteiger partial charge in [0, 0.05) is 0 Å². The molecule has 0 bridgehead atoms. The van der Waals surface area contributed by atoms with Gasteiger partial charge in [-0.1, -0.05) is 12.1 Å². The fourth-order valence-electron chi connectivity index (χ4n) is 1.25. The predicted molar refractivity (Wildman–Crippen MR) is 48.0 cm³/mol. The van der Waals surface area contributed by atoms with Gasteiger partial charge in [-0.15, -0.1) is 0 Å². The molecule has 1 aliphatic rings. The molecule has 4 heteroatoms. The van der Waals surface area contributed by atoms with E-state index in [2.05, 4.69) is 0 Å². The Morgan fingerprint density at radius 1 is 1.23 bits per heavy atom. The van der Waals surface area contributed by atoms with E-state index in [1.54, 1.807) is 25.1 Å². The highest BCUT2D eigenvalue weighted by Crippen LogP contribution is 2.30. The third-order valence-electron chi connectivity index (χ3n) is 1.75. The van der Waals surface area contributed by atoms with E-state index < -0.39 is 9.84 Å². The van der Waals surface area contributed by atoms with Crippen molar-refractivity contribution in [1.29, 1.82) is 0 Å². The summed E-state index contributed by atoms with van der Waals surface area (Å²) in [5.74, 6) is 0.807. The van der Waals surface area contributed by atoms with Gasteiger partial charge in [0.05, 0.1) is 5.41 Å². The zero-order chi connectivity index (χ0) is 9.47. The van der Waals surface area contributed by atoms with Crippen LogP contribution < -0.4 is 4.74 Å². The van der Waals surface area contributed by atoms with Gasteiger partial charge in [0.25, 0.3) is 0 Å². The van der Waals surface area contributed by atoms with Gasteiger partial charge in [0.2, 0.25) is 9.84 Å². The molecule has 0 aromatic heterocycles. The van der Waals surface area contributed by atoms with Crippen LogP contribution in [0.4, 0.5) is 0 Å². The molecule has 0 fully saturated rings. The average molecular weight is 196 g/mol. The normalized spacial score (nSPS) is 18.4. The Hall–Kier alpha value is -1.29. The van der Waals surface area contributed by atoms with Crippen molar-refractivity contribution in [2.75, 3.05) is 0 Å². The first-order chi connectivity index (χ1) is 6.09. The van der Waals surface area contributed by atoms with Crippen LogP contribution in [0.15, 0.2) is 40.3 Å². The second-order valence-corrected chi connectivity index (χ2v) is 4.59. The lowest BCUT2D eigenvalue weighted by Crippen LogP contribution is -2.08. The Balaban J connectivity index is 2.73. The third kappa shape index (κ3) is 1.33. The van der Waals surface area contributed by atoms with E-state index in [9.17, 15) is 8.42 Å². The van der Waals surface area contributed by atoms with Crippen LogP contribution in [0.1, 0.15) is 6.92 Å². The van der Waals surface area contributed by atoms with E-state index >= 15 is 0 Å². The smallest absolute Gasteiger partial charge is 0.206 e. The van der Waals surface area contributed by atoms with Gasteiger partial charge in [0.1, 0.15) is 16.4 Å². The molecule has 1 heterocycles. The molecule has 0 N–H and O–H groups in total. The molecule has 1 aromatic carbocycles. The molecule has 0 atom stereocenters. The van der Waals surface area contributed by atoms with Crippen molar-refractivity contribution in [3.63, 3.8) is 0 Å². The number of hydrogen-bond acceptors (Lipinski definition) is 3. The maximum absolute atomic E-state index is 11.5. The van der Waals surface area contributed by atoms with E-state index in [1.807, 2.05) is 0 Å². The molecule has 1 aliphatic heterocycles. The van der Waals surface area contributed by atoms with Crippen LogP contribution >= 0.6 is 0 Å². The summed E-state index contributed by atoms with van der Waals surface area (Å²) in [4.78, 5) is 0.237. The second kappa shape index (κ2) is 2.60. The van der Waals surface area contributed by atoms with Crippen LogP contribution in [0.25, 0.3) is 0 Å². The molecular formula is C9H8O3S. The topological polar surface area (TPSA) is 43.4 Å². The Bertz CT molecular complexity index is 471. The third-order valence-corrected chi connectivity index (χ3v) is 3.34. The molecule has 1 aromatic rings. The molecule has 3 nitrogen and oxygen atoms in total. The van der Waals surface area contributed by atoms with Crippen molar-refractivity contribution in [3.05, 3.63) is 35.4 Å². The summed E-state index contributed by atoms with van der Waals surface area (Å²) in [6.45, 7) is 1.62. The number of fused-ring (bicyclic) bond motifs is 1. The zero-order valence-electron chi connectivity index (χ0n) is 7.02. The molecule has 0 aliphatic carbocycles. The number of ether oxygens (including phenoxy) is 1. The SMILES string of the molecule is CC1=CS(=O)(=O)c2ccccc2O1. The average Bonchev–Trinajstić information content (AvgIpc) is 2.02. The summed E-state index contributed by atoms with van der Waals surface area (Å²) in [6.07, 6.45) is 0. The largest absolute Gasteiger partial charge is 0.460 e. The lowest BCUT2D eigenvalue weighted by atomic mass is 10.3. The number of allylic oxidation sites excluding steroid dienone is 1. The lowest BCUT2D eigenvalue weighted by Gasteiger charge is -2.14. The van der Waals surface area contributed by atoms with Gasteiger partial charge in [-0.25, -0.2) is 8.42 Å². The Morgan fingerprint density at radius 2 is 1.92 bits per heavy atom. The van der Waals surface area contributed by atoms with E-state index in [1.165, 1.54) is 6.07 Å². The number of benzene rings is 1. The summed E-state index contributed by atoms with van der Waals surface area (Å²) >= 11 is 0. The maximum atomic E-state index is 11.5. The van der Waals surface area contributed by atoms with E-state index in [-0.39, 0.29) is 4.90 Å². The Labute approximate surface area is 76.6 Å². The van der Waals surface area contributed by atoms with Gasteiger partial charge in [0.15, 0.2) is 0 Å². The van der Waals surface area contributed by atoms with Gasteiger partial charge in [-0.05, 0) is 19.1 Å². The van der Waals surface area contributed by atoms with Crippen molar-refractivity contribution in [2.45, 2.75) is 11.8 Å². The quantitative estimate of drug-likeness (QED) is 0.634. The highest BCUT2D eigenvalue weighted by atomic mass is 32.2. The summed E-state index contributed by atoms with van der Waals surface area (Å²) in [7, 11) is -3.28. The fraction of sp³-hybridized carbons (Fsp3) is 0.111. The molecule has 2 rings (SSSR count). The van der Waals surface area contributed by atoms with Gasteiger partial charge in [-0.3, -0.25) is 0 Å². The summed E-state index contributed by atoms with van der Waals surface area (Å²) in [5.41, 5.74) is 0. The van der Waals surface area contributed by atoms with Crippen LogP contribution in [0, 0.1) is 0 Å². The molecule has 68 valence electrons. The number of rotatable bonds is 0. The number of sulfone groups is 1.